The van der Waals surface area contributed by atoms with Crippen LogP contribution in [0.3, 0.4) is 0 Å². The molecule has 2 aliphatic rings. The number of aliphatic imine (C=N–C) groups is 2. The Hall–Kier alpha value is -1.44. The van der Waals surface area contributed by atoms with Gasteiger partial charge < -0.3 is 0 Å². The van der Waals surface area contributed by atoms with Crippen LogP contribution in [0.25, 0.3) is 0 Å². The summed E-state index contributed by atoms with van der Waals surface area (Å²) in [5.41, 5.74) is 2.04. The summed E-state index contributed by atoms with van der Waals surface area (Å²) in [6.07, 6.45) is 11.6. The van der Waals surface area contributed by atoms with E-state index < -0.39 is 0 Å². The van der Waals surface area contributed by atoms with Gasteiger partial charge in [-0.3, -0.25) is 9.98 Å². The fraction of sp³-hybridized carbons (Fsp3) is 0.273. The van der Waals surface area contributed by atoms with Crippen molar-refractivity contribution in [2.45, 2.75) is 13.8 Å². The Morgan fingerprint density at radius 2 is 1.38 bits per heavy atom. The molecule has 0 N–H and O–H groups in total. The van der Waals surface area contributed by atoms with Gasteiger partial charge in [-0.2, -0.15) is 0 Å². The van der Waals surface area contributed by atoms with Crippen LogP contribution < -0.4 is 0 Å². The molecule has 2 nitrogen and oxygen atoms in total. The molecule has 0 unspecified atom stereocenters. The lowest BCUT2D eigenvalue weighted by molar-refractivity contribution is 0.737. The molecular weight excluding hydrogens is 160 g/mol. The Kier molecular flexibility index (Phi) is 1.76. The Labute approximate surface area is 78.1 Å². The van der Waals surface area contributed by atoms with Crippen molar-refractivity contribution in [2.24, 2.45) is 15.4 Å². The first-order chi connectivity index (χ1) is 6.21. The smallest absolute Gasteiger partial charge is 0.0520 e. The van der Waals surface area contributed by atoms with E-state index in [-0.39, 0.29) is 5.41 Å². The summed E-state index contributed by atoms with van der Waals surface area (Å²) in [5, 5.41) is 0. The van der Waals surface area contributed by atoms with Crippen LogP contribution in [0.5, 0.6) is 0 Å². The molecule has 0 saturated carbocycles. The molecule has 1 heterocycles. The maximum atomic E-state index is 4.35. The molecule has 0 atom stereocenters. The Morgan fingerprint density at radius 3 is 1.85 bits per heavy atom. The summed E-state index contributed by atoms with van der Waals surface area (Å²) in [7, 11) is 0. The average molecular weight is 172 g/mol. The van der Waals surface area contributed by atoms with Gasteiger partial charge in [-0.15, -0.1) is 0 Å². The van der Waals surface area contributed by atoms with E-state index in [9.17, 15) is 0 Å². The van der Waals surface area contributed by atoms with E-state index in [1.54, 1.807) is 12.4 Å². The first-order valence-corrected chi connectivity index (χ1v) is 4.37. The zero-order valence-electron chi connectivity index (χ0n) is 7.86. The zero-order valence-corrected chi connectivity index (χ0v) is 7.86. The highest BCUT2D eigenvalue weighted by Crippen LogP contribution is 2.25. The summed E-state index contributed by atoms with van der Waals surface area (Å²) < 4.78 is 0. The van der Waals surface area contributed by atoms with Crippen LogP contribution >= 0.6 is 0 Å². The van der Waals surface area contributed by atoms with Crippen molar-refractivity contribution in [1.29, 1.82) is 0 Å². The molecule has 0 aromatic carbocycles. The molecule has 0 radical (unpaired) electrons. The van der Waals surface area contributed by atoms with Gasteiger partial charge in [0.1, 0.15) is 0 Å². The minimum atomic E-state index is -0.0764. The normalized spacial score (nSPS) is 23.2. The molecule has 0 amide bonds. The molecule has 2 bridgehead atoms. The van der Waals surface area contributed by atoms with Gasteiger partial charge in [0.05, 0.1) is 11.4 Å². The second kappa shape index (κ2) is 2.80. The standard InChI is InChI=1S/C11H12N2/c1-11(2)9-5-3-4-6-10(11)13-8-7-12-9/h3-8H,1-2H3. The first kappa shape index (κ1) is 8.17. The molecule has 0 aromatic rings. The van der Waals surface area contributed by atoms with Gasteiger partial charge in [-0.1, -0.05) is 12.2 Å². The minimum Gasteiger partial charge on any atom is -0.259 e. The van der Waals surface area contributed by atoms with E-state index in [0.717, 1.165) is 11.4 Å². The lowest BCUT2D eigenvalue weighted by Crippen LogP contribution is -2.30. The second-order valence-corrected chi connectivity index (χ2v) is 3.67. The van der Waals surface area contributed by atoms with Crippen molar-refractivity contribution in [3.05, 3.63) is 36.7 Å². The number of fused-ring (bicyclic) bond motifs is 2. The van der Waals surface area contributed by atoms with Crippen LogP contribution in [0.1, 0.15) is 13.8 Å². The molecule has 2 rings (SSSR count). The van der Waals surface area contributed by atoms with Gasteiger partial charge in [0.25, 0.3) is 0 Å². The molecule has 0 spiro atoms. The summed E-state index contributed by atoms with van der Waals surface area (Å²) in [6.45, 7) is 4.27. The van der Waals surface area contributed by atoms with Gasteiger partial charge >= 0.3 is 0 Å². The molecule has 1 aliphatic heterocycles. The predicted octanol–water partition coefficient (Wildman–Crippen LogP) is 2.51. The Bertz CT molecular complexity index is 332. The maximum Gasteiger partial charge on any atom is 0.0520 e. The highest BCUT2D eigenvalue weighted by molar-refractivity contribution is 6.20. The maximum absolute atomic E-state index is 4.35. The van der Waals surface area contributed by atoms with Crippen LogP contribution in [-0.4, -0.2) is 11.4 Å². The molecular formula is C11H12N2. The van der Waals surface area contributed by atoms with E-state index in [4.69, 9.17) is 0 Å². The van der Waals surface area contributed by atoms with Crippen LogP contribution in [0.2, 0.25) is 0 Å². The quantitative estimate of drug-likeness (QED) is 0.536. The molecule has 2 heteroatoms. The van der Waals surface area contributed by atoms with Crippen LogP contribution in [0.15, 0.2) is 46.7 Å². The van der Waals surface area contributed by atoms with Gasteiger partial charge in [0.2, 0.25) is 0 Å². The van der Waals surface area contributed by atoms with Crippen molar-refractivity contribution in [3.63, 3.8) is 0 Å². The van der Waals surface area contributed by atoms with Crippen LogP contribution in [-0.2, 0) is 0 Å². The molecule has 0 aromatic heterocycles. The highest BCUT2D eigenvalue weighted by Gasteiger charge is 2.29. The highest BCUT2D eigenvalue weighted by atomic mass is 14.8. The van der Waals surface area contributed by atoms with Gasteiger partial charge in [-0.25, -0.2) is 0 Å². The monoisotopic (exact) mass is 172 g/mol. The van der Waals surface area contributed by atoms with Crippen molar-refractivity contribution >= 4 is 11.4 Å². The van der Waals surface area contributed by atoms with E-state index >= 15 is 0 Å². The molecule has 1 aliphatic carbocycles. The number of hydrogen-bond acceptors (Lipinski definition) is 2. The summed E-state index contributed by atoms with van der Waals surface area (Å²) in [4.78, 5) is 8.70. The van der Waals surface area contributed by atoms with E-state index in [2.05, 4.69) is 23.8 Å². The Morgan fingerprint density at radius 1 is 0.923 bits per heavy atom. The number of nitrogens with zero attached hydrogens (tertiary/aromatic N) is 2. The number of rotatable bonds is 0. The summed E-state index contributed by atoms with van der Waals surface area (Å²) in [5.74, 6) is 0. The number of allylic oxidation sites excluding steroid dienone is 4. The third-order valence-corrected chi connectivity index (χ3v) is 2.39. The van der Waals surface area contributed by atoms with Gasteiger partial charge in [0.15, 0.2) is 0 Å². The van der Waals surface area contributed by atoms with E-state index in [1.807, 2.05) is 24.3 Å². The van der Waals surface area contributed by atoms with Gasteiger partial charge in [0, 0.05) is 17.8 Å². The molecule has 0 fully saturated rings. The lowest BCUT2D eigenvalue weighted by Gasteiger charge is -2.22. The van der Waals surface area contributed by atoms with Crippen LogP contribution in [0, 0.1) is 5.41 Å². The molecule has 0 saturated heterocycles. The van der Waals surface area contributed by atoms with Crippen molar-refractivity contribution in [2.75, 3.05) is 0 Å². The lowest BCUT2D eigenvalue weighted by atomic mass is 9.82. The van der Waals surface area contributed by atoms with Crippen molar-refractivity contribution < 1.29 is 0 Å². The zero-order chi connectivity index (χ0) is 9.31. The fourth-order valence-electron chi connectivity index (χ4n) is 1.48. The molecule has 13 heavy (non-hydrogen) atoms. The van der Waals surface area contributed by atoms with Gasteiger partial charge in [-0.05, 0) is 26.0 Å². The van der Waals surface area contributed by atoms with E-state index in [0.29, 0.717) is 0 Å². The SMILES string of the molecule is CC1(C)C2=NC=CN=C1C=CC=C2. The number of hydrogen-bond donors (Lipinski definition) is 0. The third-order valence-electron chi connectivity index (χ3n) is 2.39. The second-order valence-electron chi connectivity index (χ2n) is 3.67. The Balaban J connectivity index is 2.63. The average Bonchev–Trinajstić information content (AvgIpc) is 2.32. The third kappa shape index (κ3) is 1.28. The van der Waals surface area contributed by atoms with Crippen LogP contribution in [0.4, 0.5) is 0 Å². The van der Waals surface area contributed by atoms with Crippen molar-refractivity contribution in [1.82, 2.24) is 0 Å². The fourth-order valence-corrected chi connectivity index (χ4v) is 1.48. The topological polar surface area (TPSA) is 24.7 Å². The summed E-state index contributed by atoms with van der Waals surface area (Å²) >= 11 is 0. The van der Waals surface area contributed by atoms with E-state index in [1.165, 1.54) is 0 Å². The van der Waals surface area contributed by atoms with Crippen molar-refractivity contribution in [3.8, 4) is 0 Å². The molecule has 66 valence electrons. The summed E-state index contributed by atoms with van der Waals surface area (Å²) in [6, 6.07) is 0. The predicted molar refractivity (Wildman–Crippen MR) is 56.1 cm³/mol. The first-order valence-electron chi connectivity index (χ1n) is 4.37. The minimum absolute atomic E-state index is 0.0764. The largest absolute Gasteiger partial charge is 0.259 e.